The standard InChI is InChI=1S/C16H20ClFN2O3/c17-13-9-12(1-2-14(13)18)19-16(21)11-3-5-20(6-4-11)10-15-22-7-8-23-15/h1-2,9,11,15H,3-8,10H2,(H,19,21). The molecule has 0 unspecified atom stereocenters. The van der Waals surface area contributed by atoms with Gasteiger partial charge in [0.2, 0.25) is 5.91 Å². The first-order valence-electron chi connectivity index (χ1n) is 7.83. The fourth-order valence-corrected chi connectivity index (χ4v) is 3.10. The number of hydrogen-bond donors (Lipinski definition) is 1. The van der Waals surface area contributed by atoms with Gasteiger partial charge in [-0.2, -0.15) is 0 Å². The van der Waals surface area contributed by atoms with Crippen molar-refractivity contribution in [2.75, 3.05) is 38.2 Å². The Morgan fingerprint density at radius 1 is 1.30 bits per heavy atom. The third-order valence-electron chi connectivity index (χ3n) is 4.24. The molecule has 0 aliphatic carbocycles. The first kappa shape index (κ1) is 16.6. The molecule has 23 heavy (non-hydrogen) atoms. The van der Waals surface area contributed by atoms with Crippen LogP contribution in [0.15, 0.2) is 18.2 Å². The van der Waals surface area contributed by atoms with Crippen LogP contribution in [0, 0.1) is 11.7 Å². The zero-order valence-electron chi connectivity index (χ0n) is 12.8. The average Bonchev–Trinajstić information content (AvgIpc) is 3.04. The molecule has 1 aromatic rings. The van der Waals surface area contributed by atoms with Gasteiger partial charge in [-0.3, -0.25) is 9.69 Å². The van der Waals surface area contributed by atoms with Gasteiger partial charge in [-0.25, -0.2) is 4.39 Å². The molecule has 0 atom stereocenters. The summed E-state index contributed by atoms with van der Waals surface area (Å²) in [6.07, 6.45) is 1.43. The second kappa shape index (κ2) is 7.57. The Balaban J connectivity index is 1.46. The van der Waals surface area contributed by atoms with E-state index in [4.69, 9.17) is 21.1 Å². The molecule has 2 heterocycles. The largest absolute Gasteiger partial charge is 0.349 e. The van der Waals surface area contributed by atoms with E-state index in [9.17, 15) is 9.18 Å². The van der Waals surface area contributed by atoms with Crippen molar-refractivity contribution in [3.8, 4) is 0 Å². The maximum absolute atomic E-state index is 13.1. The third-order valence-corrected chi connectivity index (χ3v) is 4.53. The molecular formula is C16H20ClFN2O3. The lowest BCUT2D eigenvalue weighted by molar-refractivity contribution is -0.121. The molecule has 3 rings (SSSR count). The maximum atomic E-state index is 13.1. The number of rotatable bonds is 4. The van der Waals surface area contributed by atoms with Crippen molar-refractivity contribution in [3.63, 3.8) is 0 Å². The van der Waals surface area contributed by atoms with E-state index in [-0.39, 0.29) is 23.1 Å². The Kier molecular flexibility index (Phi) is 5.48. The predicted octanol–water partition coefficient (Wildman–Crippen LogP) is 2.50. The van der Waals surface area contributed by atoms with Gasteiger partial charge in [0.1, 0.15) is 5.82 Å². The van der Waals surface area contributed by atoms with E-state index in [0.29, 0.717) is 18.9 Å². The van der Waals surface area contributed by atoms with E-state index in [1.54, 1.807) is 0 Å². The summed E-state index contributed by atoms with van der Waals surface area (Å²) in [5, 5.41) is 2.82. The molecule has 126 valence electrons. The van der Waals surface area contributed by atoms with Crippen LogP contribution in [0.4, 0.5) is 10.1 Å². The fraction of sp³-hybridized carbons (Fsp3) is 0.562. The molecule has 7 heteroatoms. The lowest BCUT2D eigenvalue weighted by Crippen LogP contribution is -2.41. The van der Waals surface area contributed by atoms with Crippen LogP contribution in [-0.4, -0.2) is 49.9 Å². The molecule has 1 N–H and O–H groups in total. The lowest BCUT2D eigenvalue weighted by Gasteiger charge is -2.32. The summed E-state index contributed by atoms with van der Waals surface area (Å²) in [7, 11) is 0. The predicted molar refractivity (Wildman–Crippen MR) is 84.9 cm³/mol. The van der Waals surface area contributed by atoms with E-state index in [1.807, 2.05) is 0 Å². The summed E-state index contributed by atoms with van der Waals surface area (Å²) < 4.78 is 24.0. The summed E-state index contributed by atoms with van der Waals surface area (Å²) >= 11 is 5.73. The minimum atomic E-state index is -0.491. The second-order valence-electron chi connectivity index (χ2n) is 5.86. The number of benzene rings is 1. The number of hydrogen-bond acceptors (Lipinski definition) is 4. The van der Waals surface area contributed by atoms with Crippen molar-refractivity contribution in [2.24, 2.45) is 5.92 Å². The quantitative estimate of drug-likeness (QED) is 0.913. The molecule has 0 bridgehead atoms. The average molecular weight is 343 g/mol. The summed E-state index contributed by atoms with van der Waals surface area (Å²) in [5.74, 6) is -0.574. The molecule has 1 aromatic carbocycles. The third kappa shape index (κ3) is 4.41. The maximum Gasteiger partial charge on any atom is 0.227 e. The normalized spacial score (nSPS) is 20.8. The Morgan fingerprint density at radius 3 is 2.65 bits per heavy atom. The van der Waals surface area contributed by atoms with Gasteiger partial charge in [-0.05, 0) is 44.1 Å². The molecule has 2 fully saturated rings. The number of nitrogens with one attached hydrogen (secondary N) is 1. The number of anilines is 1. The molecular weight excluding hydrogens is 323 g/mol. The van der Waals surface area contributed by atoms with Crippen LogP contribution in [0.5, 0.6) is 0 Å². The van der Waals surface area contributed by atoms with E-state index in [1.165, 1.54) is 18.2 Å². The minimum absolute atomic E-state index is 0.00850. The van der Waals surface area contributed by atoms with Gasteiger partial charge in [0, 0.05) is 18.2 Å². The van der Waals surface area contributed by atoms with Crippen LogP contribution in [0.2, 0.25) is 5.02 Å². The zero-order valence-corrected chi connectivity index (χ0v) is 13.5. The van der Waals surface area contributed by atoms with Crippen LogP contribution in [0.25, 0.3) is 0 Å². The number of ether oxygens (including phenoxy) is 2. The van der Waals surface area contributed by atoms with E-state index < -0.39 is 5.82 Å². The van der Waals surface area contributed by atoms with Crippen LogP contribution >= 0.6 is 11.6 Å². The minimum Gasteiger partial charge on any atom is -0.349 e. The SMILES string of the molecule is O=C(Nc1ccc(F)c(Cl)c1)C1CCN(CC2OCCO2)CC1. The molecule has 2 aliphatic heterocycles. The Hall–Kier alpha value is -1.21. The van der Waals surface area contributed by atoms with Crippen LogP contribution in [-0.2, 0) is 14.3 Å². The summed E-state index contributed by atoms with van der Waals surface area (Å²) in [6.45, 7) is 3.74. The second-order valence-corrected chi connectivity index (χ2v) is 6.27. The van der Waals surface area contributed by atoms with Crippen LogP contribution < -0.4 is 5.32 Å². The highest BCUT2D eigenvalue weighted by Gasteiger charge is 2.27. The van der Waals surface area contributed by atoms with Crippen molar-refractivity contribution in [2.45, 2.75) is 19.1 Å². The van der Waals surface area contributed by atoms with Gasteiger partial charge < -0.3 is 14.8 Å². The zero-order chi connectivity index (χ0) is 16.2. The highest BCUT2D eigenvalue weighted by Crippen LogP contribution is 2.23. The fourth-order valence-electron chi connectivity index (χ4n) is 2.92. The summed E-state index contributed by atoms with van der Waals surface area (Å²) in [4.78, 5) is 14.6. The van der Waals surface area contributed by atoms with E-state index >= 15 is 0 Å². The van der Waals surface area contributed by atoms with Crippen molar-refractivity contribution in [1.82, 2.24) is 4.90 Å². The van der Waals surface area contributed by atoms with Gasteiger partial charge in [0.25, 0.3) is 0 Å². The molecule has 1 amide bonds. The molecule has 0 saturated carbocycles. The lowest BCUT2D eigenvalue weighted by atomic mass is 9.96. The molecule has 2 saturated heterocycles. The Morgan fingerprint density at radius 2 is 2.00 bits per heavy atom. The monoisotopic (exact) mass is 342 g/mol. The number of likely N-dealkylation sites (tertiary alicyclic amines) is 1. The highest BCUT2D eigenvalue weighted by molar-refractivity contribution is 6.31. The number of halogens is 2. The van der Waals surface area contributed by atoms with Gasteiger partial charge in [0.15, 0.2) is 6.29 Å². The first-order valence-corrected chi connectivity index (χ1v) is 8.21. The van der Waals surface area contributed by atoms with Crippen LogP contribution in [0.1, 0.15) is 12.8 Å². The van der Waals surface area contributed by atoms with E-state index in [0.717, 1.165) is 32.5 Å². The number of carbonyl (C=O) groups is 1. The molecule has 0 radical (unpaired) electrons. The van der Waals surface area contributed by atoms with E-state index in [2.05, 4.69) is 10.2 Å². The Bertz CT molecular complexity index is 558. The molecule has 0 aromatic heterocycles. The molecule has 0 spiro atoms. The van der Waals surface area contributed by atoms with Gasteiger partial charge >= 0.3 is 0 Å². The molecule has 2 aliphatic rings. The number of piperidine rings is 1. The van der Waals surface area contributed by atoms with Gasteiger partial charge in [-0.1, -0.05) is 11.6 Å². The number of nitrogens with zero attached hydrogens (tertiary/aromatic N) is 1. The number of carbonyl (C=O) groups excluding carboxylic acids is 1. The smallest absolute Gasteiger partial charge is 0.227 e. The van der Waals surface area contributed by atoms with Gasteiger partial charge in [0.05, 0.1) is 18.2 Å². The van der Waals surface area contributed by atoms with Crippen molar-refractivity contribution >= 4 is 23.2 Å². The van der Waals surface area contributed by atoms with Crippen molar-refractivity contribution < 1.29 is 18.7 Å². The summed E-state index contributed by atoms with van der Waals surface area (Å²) in [5.41, 5.74) is 0.525. The van der Waals surface area contributed by atoms with Gasteiger partial charge in [-0.15, -0.1) is 0 Å². The highest BCUT2D eigenvalue weighted by atomic mass is 35.5. The first-order chi connectivity index (χ1) is 11.1. The van der Waals surface area contributed by atoms with Crippen LogP contribution in [0.3, 0.4) is 0 Å². The van der Waals surface area contributed by atoms with Crippen molar-refractivity contribution in [1.29, 1.82) is 0 Å². The molecule has 5 nitrogen and oxygen atoms in total. The van der Waals surface area contributed by atoms with Crippen molar-refractivity contribution in [3.05, 3.63) is 29.0 Å². The summed E-state index contributed by atoms with van der Waals surface area (Å²) in [6, 6.07) is 4.20. The Labute approximate surface area is 139 Å². The topological polar surface area (TPSA) is 50.8 Å². The number of amides is 1.